The molecule has 4 saturated carbocycles. The van der Waals surface area contributed by atoms with Crippen molar-refractivity contribution in [2.24, 2.45) is 23.7 Å². The topological polar surface area (TPSA) is 61.9 Å². The fraction of sp³-hybridized carbons (Fsp3) is 0.920. The van der Waals surface area contributed by atoms with Crippen LogP contribution in [0.3, 0.4) is 0 Å². The highest BCUT2D eigenvalue weighted by Crippen LogP contribution is 2.53. The van der Waals surface area contributed by atoms with Crippen LogP contribution in [-0.2, 0) is 9.53 Å². The molecule has 0 spiro atoms. The van der Waals surface area contributed by atoms with Gasteiger partial charge in [0.05, 0.1) is 6.04 Å². The zero-order valence-electron chi connectivity index (χ0n) is 19.6. The predicted octanol–water partition coefficient (Wildman–Crippen LogP) is 3.79. The largest absolute Gasteiger partial charge is 0.444 e. The number of ether oxygens (including phenoxy) is 1. The van der Waals surface area contributed by atoms with Crippen LogP contribution >= 0.6 is 0 Å². The zero-order chi connectivity index (χ0) is 21.8. The van der Waals surface area contributed by atoms with Gasteiger partial charge >= 0.3 is 6.09 Å². The van der Waals surface area contributed by atoms with Crippen LogP contribution in [0, 0.1) is 23.7 Å². The van der Waals surface area contributed by atoms with Gasteiger partial charge in [0.15, 0.2) is 0 Å². The Kier molecular flexibility index (Phi) is 5.72. The van der Waals surface area contributed by atoms with Crippen molar-refractivity contribution in [2.75, 3.05) is 19.6 Å². The van der Waals surface area contributed by atoms with Gasteiger partial charge in [-0.3, -0.25) is 9.69 Å². The Morgan fingerprint density at radius 1 is 0.935 bits per heavy atom. The van der Waals surface area contributed by atoms with Crippen molar-refractivity contribution < 1.29 is 14.3 Å². The molecule has 6 heteroatoms. The summed E-state index contributed by atoms with van der Waals surface area (Å²) in [6.45, 7) is 8.26. The quantitative estimate of drug-likeness (QED) is 0.736. The number of likely N-dealkylation sites (tertiary alicyclic amines) is 2. The number of hydrogen-bond acceptors (Lipinski definition) is 4. The third kappa shape index (κ3) is 4.46. The first-order valence-electron chi connectivity index (χ1n) is 12.8. The molecule has 2 saturated heterocycles. The molecule has 0 unspecified atom stereocenters. The Morgan fingerprint density at radius 3 is 2.23 bits per heavy atom. The summed E-state index contributed by atoms with van der Waals surface area (Å²) in [5.41, 5.74) is -0.473. The molecule has 0 aromatic carbocycles. The van der Waals surface area contributed by atoms with Crippen LogP contribution in [0.15, 0.2) is 0 Å². The number of carbonyl (C=O) groups excluding carboxylic acids is 2. The molecule has 2 aliphatic heterocycles. The van der Waals surface area contributed by atoms with Gasteiger partial charge in [0, 0.05) is 25.2 Å². The first kappa shape index (κ1) is 21.5. The lowest BCUT2D eigenvalue weighted by Gasteiger charge is -2.54. The summed E-state index contributed by atoms with van der Waals surface area (Å²) in [5.74, 6) is 3.54. The number of nitrogens with zero attached hydrogens (tertiary/aromatic N) is 2. The van der Waals surface area contributed by atoms with Crippen molar-refractivity contribution in [1.82, 2.24) is 15.1 Å². The van der Waals surface area contributed by atoms with E-state index < -0.39 is 5.60 Å². The molecule has 6 rings (SSSR count). The van der Waals surface area contributed by atoms with Crippen molar-refractivity contribution in [1.29, 1.82) is 0 Å². The van der Waals surface area contributed by atoms with E-state index in [1.165, 1.54) is 32.1 Å². The SMILES string of the molecule is CC(C)(C)OC(=O)N1CCC[C@@H]1CN1CCC[C@@H]1C(=O)NC1C2CC3CC(C2)CC1C3. The van der Waals surface area contributed by atoms with Crippen LogP contribution < -0.4 is 5.32 Å². The van der Waals surface area contributed by atoms with Gasteiger partial charge in [-0.2, -0.15) is 0 Å². The highest BCUT2D eigenvalue weighted by Gasteiger charge is 2.49. The summed E-state index contributed by atoms with van der Waals surface area (Å²) in [6, 6.07) is 0.537. The third-order valence-corrected chi connectivity index (χ3v) is 8.65. The highest BCUT2D eigenvalue weighted by atomic mass is 16.6. The van der Waals surface area contributed by atoms with Crippen LogP contribution in [0.2, 0.25) is 0 Å². The van der Waals surface area contributed by atoms with Crippen molar-refractivity contribution in [3.8, 4) is 0 Å². The molecular weight excluding hydrogens is 390 g/mol. The van der Waals surface area contributed by atoms with Gasteiger partial charge in [-0.25, -0.2) is 4.79 Å². The summed E-state index contributed by atoms with van der Waals surface area (Å²) < 4.78 is 5.63. The molecule has 4 bridgehead atoms. The van der Waals surface area contributed by atoms with E-state index in [4.69, 9.17) is 4.74 Å². The maximum Gasteiger partial charge on any atom is 0.410 e. The van der Waals surface area contributed by atoms with Crippen molar-refractivity contribution in [3.05, 3.63) is 0 Å². The van der Waals surface area contributed by atoms with Crippen LogP contribution in [0.4, 0.5) is 4.79 Å². The molecule has 6 aliphatic rings. The molecule has 4 aliphatic carbocycles. The molecule has 6 fully saturated rings. The predicted molar refractivity (Wildman–Crippen MR) is 120 cm³/mol. The second-order valence-electron chi connectivity index (χ2n) is 12.1. The van der Waals surface area contributed by atoms with E-state index in [1.807, 2.05) is 25.7 Å². The van der Waals surface area contributed by atoms with E-state index in [1.54, 1.807) is 0 Å². The van der Waals surface area contributed by atoms with Gasteiger partial charge in [0.25, 0.3) is 0 Å². The maximum absolute atomic E-state index is 13.4. The van der Waals surface area contributed by atoms with E-state index in [-0.39, 0.29) is 24.1 Å². The summed E-state index contributed by atoms with van der Waals surface area (Å²) in [6.07, 6.45) is 10.6. The smallest absolute Gasteiger partial charge is 0.410 e. The molecule has 2 amide bonds. The molecule has 0 radical (unpaired) electrons. The summed E-state index contributed by atoms with van der Waals surface area (Å²) in [4.78, 5) is 30.3. The fourth-order valence-electron chi connectivity index (χ4n) is 7.62. The normalized spacial score (nSPS) is 39.8. The molecule has 1 N–H and O–H groups in total. The van der Waals surface area contributed by atoms with Gasteiger partial charge in [0.2, 0.25) is 5.91 Å². The molecule has 2 heterocycles. The molecule has 0 aromatic heterocycles. The second kappa shape index (κ2) is 8.24. The van der Waals surface area contributed by atoms with Gasteiger partial charge < -0.3 is 15.0 Å². The minimum Gasteiger partial charge on any atom is -0.444 e. The van der Waals surface area contributed by atoms with Gasteiger partial charge in [0.1, 0.15) is 5.60 Å². The second-order valence-corrected chi connectivity index (χ2v) is 12.1. The average molecular weight is 432 g/mol. The number of rotatable bonds is 4. The van der Waals surface area contributed by atoms with Crippen LogP contribution in [-0.4, -0.2) is 65.2 Å². The van der Waals surface area contributed by atoms with Crippen molar-refractivity contribution >= 4 is 12.0 Å². The lowest BCUT2D eigenvalue weighted by Crippen LogP contribution is -2.58. The Bertz CT molecular complexity index is 675. The minimum absolute atomic E-state index is 0.0294. The van der Waals surface area contributed by atoms with Crippen molar-refractivity contribution in [3.63, 3.8) is 0 Å². The van der Waals surface area contributed by atoms with E-state index >= 15 is 0 Å². The number of hydrogen-bond donors (Lipinski definition) is 1. The lowest BCUT2D eigenvalue weighted by atomic mass is 9.54. The van der Waals surface area contributed by atoms with E-state index in [9.17, 15) is 9.59 Å². The monoisotopic (exact) mass is 431 g/mol. The summed E-state index contributed by atoms with van der Waals surface area (Å²) in [5, 5.41) is 3.54. The van der Waals surface area contributed by atoms with Crippen LogP contribution in [0.25, 0.3) is 0 Å². The van der Waals surface area contributed by atoms with Crippen molar-refractivity contribution in [2.45, 2.75) is 102 Å². The molecule has 31 heavy (non-hydrogen) atoms. The standard InChI is InChI=1S/C25H41N3O3/c1-25(2,3)31-24(30)28-9-4-6-20(28)15-27-8-5-7-21(27)23(29)26-22-18-11-16-10-17(13-18)14-19(22)12-16/h16-22H,4-15H2,1-3H3,(H,26,29)/t16?,17?,18?,19?,20-,21-,22?/m1/s1. The Hall–Kier alpha value is -1.30. The Balaban J connectivity index is 1.19. The van der Waals surface area contributed by atoms with E-state index in [0.29, 0.717) is 17.9 Å². The Morgan fingerprint density at radius 2 is 1.58 bits per heavy atom. The minimum atomic E-state index is -0.473. The zero-order valence-corrected chi connectivity index (χ0v) is 19.6. The van der Waals surface area contributed by atoms with Gasteiger partial charge in [-0.15, -0.1) is 0 Å². The molecule has 174 valence electrons. The summed E-state index contributed by atoms with van der Waals surface area (Å²) >= 11 is 0. The molecule has 6 nitrogen and oxygen atoms in total. The van der Waals surface area contributed by atoms with Crippen LogP contribution in [0.1, 0.15) is 78.6 Å². The van der Waals surface area contributed by atoms with E-state index in [0.717, 1.165) is 57.2 Å². The number of nitrogens with one attached hydrogen (secondary N) is 1. The summed E-state index contributed by atoms with van der Waals surface area (Å²) in [7, 11) is 0. The molecular formula is C25H41N3O3. The van der Waals surface area contributed by atoms with E-state index in [2.05, 4.69) is 10.2 Å². The van der Waals surface area contributed by atoms with Gasteiger partial charge in [-0.05, 0) is 109 Å². The Labute approximate surface area is 187 Å². The first-order valence-corrected chi connectivity index (χ1v) is 12.8. The van der Waals surface area contributed by atoms with Gasteiger partial charge in [-0.1, -0.05) is 0 Å². The third-order valence-electron chi connectivity index (χ3n) is 8.65. The number of amides is 2. The maximum atomic E-state index is 13.4. The lowest BCUT2D eigenvalue weighted by molar-refractivity contribution is -0.129. The molecule has 2 atom stereocenters. The molecule has 0 aromatic rings. The fourth-order valence-corrected chi connectivity index (χ4v) is 7.62. The van der Waals surface area contributed by atoms with Crippen LogP contribution in [0.5, 0.6) is 0 Å². The highest BCUT2D eigenvalue weighted by molar-refractivity contribution is 5.82. The average Bonchev–Trinajstić information content (AvgIpc) is 3.32. The first-order chi connectivity index (χ1) is 14.8. The number of carbonyl (C=O) groups is 2.